The van der Waals surface area contributed by atoms with Crippen LogP contribution in [0.2, 0.25) is 0 Å². The van der Waals surface area contributed by atoms with Crippen LogP contribution in [0.1, 0.15) is 19.3 Å². The summed E-state index contributed by atoms with van der Waals surface area (Å²) in [6.45, 7) is 1.38. The number of carbonyl (C=O) groups excluding carboxylic acids is 1. The first-order chi connectivity index (χ1) is 5.36. The molecule has 0 spiro atoms. The predicted octanol–water partition coefficient (Wildman–Crippen LogP) is 0.301. The number of carbonyl (C=O) groups is 1. The normalized spacial score (nSPS) is 30.4. The Hall–Kier alpha value is -0.570. The monoisotopic (exact) mass is 155 g/mol. The van der Waals surface area contributed by atoms with Crippen LogP contribution < -0.4 is 5.32 Å². The quantitative estimate of drug-likeness (QED) is 0.623. The van der Waals surface area contributed by atoms with E-state index in [4.69, 9.17) is 4.74 Å². The molecular weight excluding hydrogens is 142 g/mol. The van der Waals surface area contributed by atoms with Crippen LogP contribution in [0.3, 0.4) is 0 Å². The molecule has 1 heterocycles. The maximum Gasteiger partial charge on any atom is 0.225 e. The van der Waals surface area contributed by atoms with E-state index in [0.29, 0.717) is 12.6 Å². The molecule has 3 heteroatoms. The Labute approximate surface area is 66.1 Å². The van der Waals surface area contributed by atoms with Gasteiger partial charge in [0.05, 0.1) is 12.5 Å². The molecule has 3 nitrogen and oxygen atoms in total. The highest BCUT2D eigenvalue weighted by atomic mass is 16.5. The molecule has 1 atom stereocenters. The van der Waals surface area contributed by atoms with E-state index in [9.17, 15) is 4.79 Å². The Morgan fingerprint density at radius 3 is 2.73 bits per heavy atom. The van der Waals surface area contributed by atoms with Gasteiger partial charge in [-0.25, -0.2) is 0 Å². The molecule has 2 fully saturated rings. The zero-order valence-electron chi connectivity index (χ0n) is 6.51. The van der Waals surface area contributed by atoms with Crippen LogP contribution in [0.25, 0.3) is 0 Å². The number of ether oxygens (including phenoxy) is 1. The molecule has 0 radical (unpaired) electrons. The Balaban J connectivity index is 1.77. The van der Waals surface area contributed by atoms with Crippen LogP contribution in [0.4, 0.5) is 0 Å². The largest absolute Gasteiger partial charge is 0.381 e. The molecule has 1 unspecified atom stereocenters. The Bertz CT molecular complexity index is 159. The van der Waals surface area contributed by atoms with E-state index in [0.717, 1.165) is 13.0 Å². The van der Waals surface area contributed by atoms with Crippen molar-refractivity contribution >= 4 is 5.91 Å². The highest BCUT2D eigenvalue weighted by molar-refractivity contribution is 5.79. The maximum atomic E-state index is 11.3. The predicted molar refractivity (Wildman–Crippen MR) is 40.1 cm³/mol. The highest BCUT2D eigenvalue weighted by Gasteiger charge is 2.29. The van der Waals surface area contributed by atoms with Gasteiger partial charge in [0.15, 0.2) is 0 Å². The van der Waals surface area contributed by atoms with Gasteiger partial charge in [-0.2, -0.15) is 0 Å². The minimum atomic E-state index is 0.135. The Morgan fingerprint density at radius 1 is 1.36 bits per heavy atom. The summed E-state index contributed by atoms with van der Waals surface area (Å²) in [6, 6.07) is 0.489. The third-order valence-electron chi connectivity index (χ3n) is 2.22. The van der Waals surface area contributed by atoms with Crippen molar-refractivity contribution in [3.63, 3.8) is 0 Å². The molecule has 1 amide bonds. The minimum Gasteiger partial charge on any atom is -0.381 e. The van der Waals surface area contributed by atoms with Gasteiger partial charge in [0.1, 0.15) is 0 Å². The van der Waals surface area contributed by atoms with Crippen molar-refractivity contribution < 1.29 is 9.53 Å². The fourth-order valence-corrected chi connectivity index (χ4v) is 1.29. The van der Waals surface area contributed by atoms with E-state index in [1.54, 1.807) is 0 Å². The number of amides is 1. The second kappa shape index (κ2) is 2.81. The van der Waals surface area contributed by atoms with E-state index < -0.39 is 0 Å². The van der Waals surface area contributed by atoms with Gasteiger partial charge in [-0.1, -0.05) is 0 Å². The third kappa shape index (κ3) is 1.71. The summed E-state index contributed by atoms with van der Waals surface area (Å²) in [4.78, 5) is 11.3. The van der Waals surface area contributed by atoms with Gasteiger partial charge >= 0.3 is 0 Å². The summed E-state index contributed by atoms with van der Waals surface area (Å²) in [7, 11) is 0. The number of nitrogens with one attached hydrogen (secondary N) is 1. The standard InChI is InChI=1S/C8H13NO2/c10-8(9-7-1-2-7)6-3-4-11-5-6/h6-7H,1-5H2,(H,9,10). The molecule has 0 bridgehead atoms. The van der Waals surface area contributed by atoms with E-state index in [1.807, 2.05) is 0 Å². The van der Waals surface area contributed by atoms with Gasteiger partial charge in [-0.05, 0) is 19.3 Å². The van der Waals surface area contributed by atoms with Crippen LogP contribution in [-0.2, 0) is 9.53 Å². The summed E-state index contributed by atoms with van der Waals surface area (Å²) in [5, 5.41) is 2.98. The summed E-state index contributed by atoms with van der Waals surface area (Å²) in [6.07, 6.45) is 3.23. The Kier molecular flexibility index (Phi) is 1.82. The number of hydrogen-bond acceptors (Lipinski definition) is 2. The summed E-state index contributed by atoms with van der Waals surface area (Å²) in [5.41, 5.74) is 0. The number of rotatable bonds is 2. The lowest BCUT2D eigenvalue weighted by Crippen LogP contribution is -2.32. The molecule has 0 aromatic carbocycles. The number of hydrogen-bond donors (Lipinski definition) is 1. The van der Waals surface area contributed by atoms with Crippen LogP contribution in [0, 0.1) is 5.92 Å². The summed E-state index contributed by atoms with van der Waals surface area (Å²) < 4.78 is 5.12. The van der Waals surface area contributed by atoms with Crippen LogP contribution in [-0.4, -0.2) is 25.2 Å². The zero-order valence-corrected chi connectivity index (χ0v) is 6.51. The lowest BCUT2D eigenvalue weighted by Gasteiger charge is -2.06. The molecule has 1 saturated heterocycles. The van der Waals surface area contributed by atoms with Crippen molar-refractivity contribution in [1.82, 2.24) is 5.32 Å². The average Bonchev–Trinajstić information content (AvgIpc) is 2.67. The molecule has 2 rings (SSSR count). The summed E-state index contributed by atoms with van der Waals surface area (Å²) >= 11 is 0. The van der Waals surface area contributed by atoms with Crippen molar-refractivity contribution in [2.45, 2.75) is 25.3 Å². The van der Waals surface area contributed by atoms with Crippen molar-refractivity contribution in [2.75, 3.05) is 13.2 Å². The fraction of sp³-hybridized carbons (Fsp3) is 0.875. The van der Waals surface area contributed by atoms with E-state index in [-0.39, 0.29) is 11.8 Å². The molecule has 11 heavy (non-hydrogen) atoms. The molecule has 1 aliphatic heterocycles. The van der Waals surface area contributed by atoms with Crippen molar-refractivity contribution in [3.8, 4) is 0 Å². The molecule has 0 aromatic heterocycles. The third-order valence-corrected chi connectivity index (χ3v) is 2.22. The van der Waals surface area contributed by atoms with E-state index in [2.05, 4.69) is 5.32 Å². The minimum absolute atomic E-state index is 0.135. The molecule has 1 aliphatic carbocycles. The van der Waals surface area contributed by atoms with Gasteiger partial charge in [-0.3, -0.25) is 4.79 Å². The second-order valence-electron chi connectivity index (χ2n) is 3.34. The first-order valence-corrected chi connectivity index (χ1v) is 4.24. The molecule has 62 valence electrons. The molecule has 1 N–H and O–H groups in total. The maximum absolute atomic E-state index is 11.3. The lowest BCUT2D eigenvalue weighted by atomic mass is 10.1. The van der Waals surface area contributed by atoms with Crippen molar-refractivity contribution in [2.24, 2.45) is 5.92 Å². The molecule has 0 aromatic rings. The van der Waals surface area contributed by atoms with Gasteiger partial charge in [0.25, 0.3) is 0 Å². The average molecular weight is 155 g/mol. The van der Waals surface area contributed by atoms with Crippen LogP contribution in [0.5, 0.6) is 0 Å². The van der Waals surface area contributed by atoms with E-state index in [1.165, 1.54) is 12.8 Å². The van der Waals surface area contributed by atoms with Gasteiger partial charge < -0.3 is 10.1 Å². The zero-order chi connectivity index (χ0) is 7.68. The lowest BCUT2D eigenvalue weighted by molar-refractivity contribution is -0.125. The Morgan fingerprint density at radius 2 is 2.18 bits per heavy atom. The first-order valence-electron chi connectivity index (χ1n) is 4.24. The molecular formula is C8H13NO2. The van der Waals surface area contributed by atoms with Gasteiger partial charge in [-0.15, -0.1) is 0 Å². The van der Waals surface area contributed by atoms with E-state index >= 15 is 0 Å². The SMILES string of the molecule is O=C(NC1CC1)C1CCOC1. The van der Waals surface area contributed by atoms with Gasteiger partial charge in [0, 0.05) is 12.6 Å². The second-order valence-corrected chi connectivity index (χ2v) is 3.34. The first kappa shape index (κ1) is 7.10. The van der Waals surface area contributed by atoms with Crippen LogP contribution >= 0.6 is 0 Å². The van der Waals surface area contributed by atoms with Crippen LogP contribution in [0.15, 0.2) is 0 Å². The van der Waals surface area contributed by atoms with Crippen molar-refractivity contribution in [1.29, 1.82) is 0 Å². The fourth-order valence-electron chi connectivity index (χ4n) is 1.29. The molecule has 2 aliphatic rings. The van der Waals surface area contributed by atoms with Gasteiger partial charge in [0.2, 0.25) is 5.91 Å². The summed E-state index contributed by atoms with van der Waals surface area (Å²) in [5.74, 6) is 0.334. The molecule has 1 saturated carbocycles. The smallest absolute Gasteiger partial charge is 0.225 e. The topological polar surface area (TPSA) is 38.3 Å². The highest BCUT2D eigenvalue weighted by Crippen LogP contribution is 2.20. The van der Waals surface area contributed by atoms with Crippen molar-refractivity contribution in [3.05, 3.63) is 0 Å².